The fourth-order valence-corrected chi connectivity index (χ4v) is 3.61. The quantitative estimate of drug-likeness (QED) is 0.871. The molecule has 3 rings (SSSR count). The first-order valence-electron chi connectivity index (χ1n) is 7.97. The lowest BCUT2D eigenvalue weighted by Crippen LogP contribution is -2.55. The molecule has 2 heterocycles. The summed E-state index contributed by atoms with van der Waals surface area (Å²) >= 11 is 0. The lowest BCUT2D eigenvalue weighted by molar-refractivity contribution is -0.127. The molecule has 0 radical (unpaired) electrons. The highest BCUT2D eigenvalue weighted by molar-refractivity contribution is 5.87. The highest BCUT2D eigenvalue weighted by Gasteiger charge is 2.36. The fourth-order valence-electron chi connectivity index (χ4n) is 3.61. The predicted octanol–water partition coefficient (Wildman–Crippen LogP) is 2.45. The van der Waals surface area contributed by atoms with Gasteiger partial charge in [-0.1, -0.05) is 30.3 Å². The number of nitrogens with two attached hydrogens (primary N) is 1. The molecule has 1 aromatic rings. The van der Waals surface area contributed by atoms with E-state index in [1.165, 1.54) is 19.4 Å². The maximum Gasteiger partial charge on any atom is 0.244 e. The average Bonchev–Trinajstić information content (AvgIpc) is 2.95. The number of carbonyl (C=O) groups excluding carboxylic acids is 1. The van der Waals surface area contributed by atoms with Crippen LogP contribution in [0.15, 0.2) is 30.3 Å². The number of nitrogens with one attached hydrogen (secondary N) is 1. The molecule has 0 spiro atoms. The molecule has 130 valence electrons. The summed E-state index contributed by atoms with van der Waals surface area (Å²) in [4.78, 5) is 15.1. The normalized spacial score (nSPS) is 26.2. The van der Waals surface area contributed by atoms with Gasteiger partial charge in [0.15, 0.2) is 0 Å². The van der Waals surface area contributed by atoms with E-state index in [1.54, 1.807) is 6.92 Å². The first kappa shape index (κ1) is 20.2. The molecule has 2 saturated heterocycles. The van der Waals surface area contributed by atoms with Gasteiger partial charge in [-0.3, -0.25) is 4.79 Å². The molecule has 1 amide bonds. The number of fused-ring (bicyclic) bond motifs is 1. The number of carbonyl (C=O) groups is 1. The van der Waals surface area contributed by atoms with Crippen molar-refractivity contribution < 1.29 is 4.79 Å². The van der Waals surface area contributed by atoms with Crippen molar-refractivity contribution in [3.63, 3.8) is 0 Å². The molecule has 0 aromatic heterocycles. The Morgan fingerprint density at radius 3 is 2.61 bits per heavy atom. The molecule has 6 heteroatoms. The number of halogens is 2. The summed E-state index contributed by atoms with van der Waals surface area (Å²) in [6, 6.07) is 10.5. The Morgan fingerprint density at radius 1 is 1.22 bits per heavy atom. The average molecular weight is 360 g/mol. The molecule has 2 aliphatic rings. The largest absolute Gasteiger partial charge is 0.351 e. The zero-order chi connectivity index (χ0) is 14.9. The van der Waals surface area contributed by atoms with Gasteiger partial charge in [0, 0.05) is 18.6 Å². The van der Waals surface area contributed by atoms with E-state index in [4.69, 9.17) is 5.73 Å². The van der Waals surface area contributed by atoms with Crippen LogP contribution < -0.4 is 11.1 Å². The number of amides is 1. The van der Waals surface area contributed by atoms with E-state index in [2.05, 4.69) is 10.2 Å². The summed E-state index contributed by atoms with van der Waals surface area (Å²) in [5.74, 6) is -0.0647. The van der Waals surface area contributed by atoms with E-state index in [0.29, 0.717) is 6.04 Å². The van der Waals surface area contributed by atoms with Crippen LogP contribution in [0, 0.1) is 0 Å². The number of benzene rings is 1. The summed E-state index contributed by atoms with van der Waals surface area (Å²) in [6.07, 6.45) is 4.67. The Hall–Kier alpha value is -0.810. The number of hydrogen-bond acceptors (Lipinski definition) is 3. The summed E-state index contributed by atoms with van der Waals surface area (Å²) in [5, 5.41) is 3.18. The Kier molecular flexibility index (Phi) is 7.33. The van der Waals surface area contributed by atoms with Crippen LogP contribution in [0.2, 0.25) is 0 Å². The van der Waals surface area contributed by atoms with Gasteiger partial charge in [0.1, 0.15) is 5.54 Å². The molecule has 2 fully saturated rings. The van der Waals surface area contributed by atoms with Gasteiger partial charge >= 0.3 is 0 Å². The van der Waals surface area contributed by atoms with Crippen molar-refractivity contribution in [3.8, 4) is 0 Å². The van der Waals surface area contributed by atoms with Crippen molar-refractivity contribution in [2.45, 2.75) is 50.2 Å². The third-order valence-electron chi connectivity index (χ3n) is 5.00. The van der Waals surface area contributed by atoms with E-state index in [1.807, 2.05) is 30.3 Å². The van der Waals surface area contributed by atoms with Crippen molar-refractivity contribution in [2.75, 3.05) is 13.1 Å². The van der Waals surface area contributed by atoms with Crippen LogP contribution in [-0.4, -0.2) is 36.0 Å². The van der Waals surface area contributed by atoms with Gasteiger partial charge in [0.2, 0.25) is 5.91 Å². The Bertz CT molecular complexity index is 510. The van der Waals surface area contributed by atoms with Crippen molar-refractivity contribution >= 4 is 30.7 Å². The molecular weight excluding hydrogens is 333 g/mol. The maximum absolute atomic E-state index is 12.6. The maximum atomic E-state index is 12.6. The highest BCUT2D eigenvalue weighted by Crippen LogP contribution is 2.27. The number of piperidine rings is 1. The third-order valence-corrected chi connectivity index (χ3v) is 5.00. The van der Waals surface area contributed by atoms with Crippen LogP contribution >= 0.6 is 24.8 Å². The minimum atomic E-state index is -0.964. The van der Waals surface area contributed by atoms with Crippen molar-refractivity contribution in [2.24, 2.45) is 5.73 Å². The predicted molar refractivity (Wildman–Crippen MR) is 98.2 cm³/mol. The van der Waals surface area contributed by atoms with Gasteiger partial charge in [0.25, 0.3) is 0 Å². The first-order valence-corrected chi connectivity index (χ1v) is 7.97. The molecule has 23 heavy (non-hydrogen) atoms. The Morgan fingerprint density at radius 2 is 1.91 bits per heavy atom. The van der Waals surface area contributed by atoms with Crippen LogP contribution in [0.4, 0.5) is 0 Å². The summed E-state index contributed by atoms with van der Waals surface area (Å²) in [6.45, 7) is 4.12. The molecule has 4 nitrogen and oxygen atoms in total. The van der Waals surface area contributed by atoms with Crippen LogP contribution in [0.5, 0.6) is 0 Å². The van der Waals surface area contributed by atoms with E-state index in [9.17, 15) is 4.79 Å². The SMILES string of the molecule is CC(N)(C(=O)NC1CCN2CCCC2C1)c1ccccc1.Cl.Cl. The smallest absolute Gasteiger partial charge is 0.244 e. The van der Waals surface area contributed by atoms with Crippen LogP contribution in [0.25, 0.3) is 0 Å². The second kappa shape index (κ2) is 8.34. The minimum Gasteiger partial charge on any atom is -0.351 e. The molecule has 0 saturated carbocycles. The number of nitrogens with zero attached hydrogens (tertiary/aromatic N) is 1. The third kappa shape index (κ3) is 4.38. The molecule has 1 aromatic carbocycles. The summed E-state index contributed by atoms with van der Waals surface area (Å²) in [5.41, 5.74) is 6.18. The summed E-state index contributed by atoms with van der Waals surface area (Å²) in [7, 11) is 0. The van der Waals surface area contributed by atoms with E-state index >= 15 is 0 Å². The van der Waals surface area contributed by atoms with Crippen LogP contribution in [-0.2, 0) is 10.3 Å². The van der Waals surface area contributed by atoms with Crippen molar-refractivity contribution in [1.82, 2.24) is 10.2 Å². The van der Waals surface area contributed by atoms with Gasteiger partial charge in [0.05, 0.1) is 0 Å². The highest BCUT2D eigenvalue weighted by atomic mass is 35.5. The van der Waals surface area contributed by atoms with Gasteiger partial charge in [-0.15, -0.1) is 24.8 Å². The van der Waals surface area contributed by atoms with Crippen molar-refractivity contribution in [1.29, 1.82) is 0 Å². The summed E-state index contributed by atoms with van der Waals surface area (Å²) < 4.78 is 0. The van der Waals surface area contributed by atoms with Crippen LogP contribution in [0.1, 0.15) is 38.2 Å². The molecule has 3 N–H and O–H groups in total. The standard InChI is InChI=1S/C17H25N3O.2ClH/c1-17(18,13-6-3-2-4-7-13)16(21)19-14-9-11-20-10-5-8-15(20)12-14;;/h2-4,6-7,14-15H,5,8-12,18H2,1H3,(H,19,21);2*1H. The minimum absolute atomic E-state index is 0. The number of rotatable bonds is 3. The monoisotopic (exact) mass is 359 g/mol. The van der Waals surface area contributed by atoms with Gasteiger partial charge in [-0.25, -0.2) is 0 Å². The van der Waals surface area contributed by atoms with Crippen LogP contribution in [0.3, 0.4) is 0 Å². The number of hydrogen-bond donors (Lipinski definition) is 2. The lowest BCUT2D eigenvalue weighted by atomic mass is 9.90. The molecule has 0 aliphatic carbocycles. The van der Waals surface area contributed by atoms with E-state index in [0.717, 1.165) is 24.9 Å². The van der Waals surface area contributed by atoms with E-state index in [-0.39, 0.29) is 36.8 Å². The second-order valence-corrected chi connectivity index (χ2v) is 6.60. The Labute approximate surface area is 151 Å². The molecule has 3 unspecified atom stereocenters. The Balaban J connectivity index is 0.00000132. The zero-order valence-electron chi connectivity index (χ0n) is 13.5. The topological polar surface area (TPSA) is 58.4 Å². The van der Waals surface area contributed by atoms with Crippen molar-refractivity contribution in [3.05, 3.63) is 35.9 Å². The lowest BCUT2D eigenvalue weighted by Gasteiger charge is -2.36. The van der Waals surface area contributed by atoms with Gasteiger partial charge in [-0.2, -0.15) is 0 Å². The second-order valence-electron chi connectivity index (χ2n) is 6.60. The molecular formula is C17H27Cl2N3O. The fraction of sp³-hybridized carbons (Fsp3) is 0.588. The van der Waals surface area contributed by atoms with Gasteiger partial charge < -0.3 is 16.0 Å². The molecule has 0 bridgehead atoms. The molecule has 3 atom stereocenters. The van der Waals surface area contributed by atoms with E-state index < -0.39 is 5.54 Å². The van der Waals surface area contributed by atoms with Gasteiger partial charge in [-0.05, 0) is 44.7 Å². The zero-order valence-corrected chi connectivity index (χ0v) is 15.2. The molecule has 2 aliphatic heterocycles. The first-order chi connectivity index (χ1) is 10.1.